The predicted octanol–water partition coefficient (Wildman–Crippen LogP) is 1.62. The maximum atomic E-state index is 5.83. The second kappa shape index (κ2) is 3.82. The van der Waals surface area contributed by atoms with Gasteiger partial charge in [-0.1, -0.05) is 20.8 Å². The number of imidazole rings is 1. The minimum atomic E-state index is -0.0653. The Bertz CT molecular complexity index is 330. The van der Waals surface area contributed by atoms with Gasteiger partial charge in [-0.3, -0.25) is 4.99 Å². The Morgan fingerprint density at radius 2 is 2.21 bits per heavy atom. The van der Waals surface area contributed by atoms with Crippen molar-refractivity contribution in [2.45, 2.75) is 34.2 Å². The quantitative estimate of drug-likeness (QED) is 0.555. The first-order valence-electron chi connectivity index (χ1n) is 4.70. The number of nitrogens with zero attached hydrogens (tertiary/aromatic N) is 2. The molecule has 0 amide bonds. The molecule has 0 atom stereocenters. The largest absolute Gasteiger partial charge is 0.387 e. The number of hydrogen-bond donors (Lipinski definition) is 2. The maximum absolute atomic E-state index is 5.83. The standard InChI is InChI=1S/C10H18N4/c1-7-8(14-6-13-7)5-12-9(11)10(2,3)4/h6H,5H2,1-4H3,(H2,11,12)(H,13,14). The second-order valence-corrected chi connectivity index (χ2v) is 4.43. The summed E-state index contributed by atoms with van der Waals surface area (Å²) >= 11 is 0. The van der Waals surface area contributed by atoms with Crippen molar-refractivity contribution in [1.82, 2.24) is 9.97 Å². The molecule has 0 unspecified atom stereocenters. The van der Waals surface area contributed by atoms with E-state index in [1.807, 2.05) is 27.7 Å². The average molecular weight is 194 g/mol. The number of nitrogens with one attached hydrogen (secondary N) is 1. The van der Waals surface area contributed by atoms with E-state index in [-0.39, 0.29) is 5.41 Å². The molecule has 0 saturated heterocycles. The highest BCUT2D eigenvalue weighted by Gasteiger charge is 2.15. The van der Waals surface area contributed by atoms with Crippen LogP contribution in [-0.2, 0) is 6.54 Å². The zero-order valence-corrected chi connectivity index (χ0v) is 9.26. The van der Waals surface area contributed by atoms with Crippen LogP contribution in [0.5, 0.6) is 0 Å². The molecule has 0 fully saturated rings. The molecule has 3 N–H and O–H groups in total. The van der Waals surface area contributed by atoms with Crippen LogP contribution in [0.1, 0.15) is 32.2 Å². The third-order valence-corrected chi connectivity index (χ3v) is 2.10. The van der Waals surface area contributed by atoms with Gasteiger partial charge in [0, 0.05) is 11.1 Å². The Morgan fingerprint density at radius 3 is 2.64 bits per heavy atom. The Labute approximate surface area is 84.7 Å². The summed E-state index contributed by atoms with van der Waals surface area (Å²) in [7, 11) is 0. The van der Waals surface area contributed by atoms with Crippen LogP contribution in [0, 0.1) is 12.3 Å². The van der Waals surface area contributed by atoms with Gasteiger partial charge >= 0.3 is 0 Å². The van der Waals surface area contributed by atoms with Crippen LogP contribution in [0.15, 0.2) is 11.3 Å². The Kier molecular flexibility index (Phi) is 2.93. The zero-order chi connectivity index (χ0) is 10.8. The van der Waals surface area contributed by atoms with Crippen molar-refractivity contribution in [3.8, 4) is 0 Å². The summed E-state index contributed by atoms with van der Waals surface area (Å²) in [5.41, 5.74) is 7.77. The van der Waals surface area contributed by atoms with E-state index in [4.69, 9.17) is 5.73 Å². The monoisotopic (exact) mass is 194 g/mol. The molecule has 1 heterocycles. The van der Waals surface area contributed by atoms with Gasteiger partial charge in [0.25, 0.3) is 0 Å². The first-order valence-corrected chi connectivity index (χ1v) is 4.70. The fourth-order valence-electron chi connectivity index (χ4n) is 0.944. The fourth-order valence-corrected chi connectivity index (χ4v) is 0.944. The van der Waals surface area contributed by atoms with E-state index in [1.54, 1.807) is 6.33 Å². The van der Waals surface area contributed by atoms with Gasteiger partial charge in [-0.2, -0.15) is 0 Å². The van der Waals surface area contributed by atoms with Gasteiger partial charge in [0.1, 0.15) is 0 Å². The molecule has 4 nitrogen and oxygen atoms in total. The minimum absolute atomic E-state index is 0.0653. The van der Waals surface area contributed by atoms with Gasteiger partial charge in [-0.25, -0.2) is 4.98 Å². The highest BCUT2D eigenvalue weighted by atomic mass is 14.9. The SMILES string of the molecule is Cc1[nH]cnc1CN=C(N)C(C)(C)C. The lowest BCUT2D eigenvalue weighted by Crippen LogP contribution is -2.29. The average Bonchev–Trinajstić information content (AvgIpc) is 2.45. The summed E-state index contributed by atoms with van der Waals surface area (Å²) in [4.78, 5) is 11.5. The number of aliphatic imine (C=N–C) groups is 1. The van der Waals surface area contributed by atoms with Crippen molar-refractivity contribution in [2.24, 2.45) is 16.1 Å². The first kappa shape index (κ1) is 10.8. The molecule has 78 valence electrons. The van der Waals surface area contributed by atoms with E-state index in [2.05, 4.69) is 15.0 Å². The minimum Gasteiger partial charge on any atom is -0.387 e. The molecule has 0 saturated carbocycles. The van der Waals surface area contributed by atoms with E-state index in [1.165, 1.54) is 0 Å². The van der Waals surface area contributed by atoms with Gasteiger partial charge in [0.05, 0.1) is 24.4 Å². The number of aromatic amines is 1. The third kappa shape index (κ3) is 2.58. The molecule has 0 aromatic carbocycles. The molecule has 14 heavy (non-hydrogen) atoms. The lowest BCUT2D eigenvalue weighted by molar-refractivity contribution is 0.581. The van der Waals surface area contributed by atoms with Crippen LogP contribution in [0.3, 0.4) is 0 Å². The summed E-state index contributed by atoms with van der Waals surface area (Å²) in [5.74, 6) is 0.667. The van der Waals surface area contributed by atoms with Crippen molar-refractivity contribution in [1.29, 1.82) is 0 Å². The molecule has 1 aromatic rings. The highest BCUT2D eigenvalue weighted by molar-refractivity contribution is 5.85. The van der Waals surface area contributed by atoms with Crippen LogP contribution in [0.25, 0.3) is 0 Å². The molecule has 1 rings (SSSR count). The van der Waals surface area contributed by atoms with Crippen LogP contribution >= 0.6 is 0 Å². The lowest BCUT2D eigenvalue weighted by Gasteiger charge is -2.17. The number of aryl methyl sites for hydroxylation is 1. The molecule has 0 aliphatic heterocycles. The Morgan fingerprint density at radius 1 is 1.57 bits per heavy atom. The summed E-state index contributed by atoms with van der Waals surface area (Å²) < 4.78 is 0. The van der Waals surface area contributed by atoms with Crippen LogP contribution < -0.4 is 5.73 Å². The Balaban J connectivity index is 2.69. The number of rotatable bonds is 2. The molecule has 1 aromatic heterocycles. The number of aromatic nitrogens is 2. The molecule has 0 radical (unpaired) electrons. The van der Waals surface area contributed by atoms with Crippen molar-refractivity contribution >= 4 is 5.84 Å². The predicted molar refractivity (Wildman–Crippen MR) is 58.1 cm³/mol. The molecule has 0 aliphatic carbocycles. The van der Waals surface area contributed by atoms with Crippen molar-refractivity contribution in [2.75, 3.05) is 0 Å². The van der Waals surface area contributed by atoms with E-state index in [9.17, 15) is 0 Å². The zero-order valence-electron chi connectivity index (χ0n) is 9.26. The highest BCUT2D eigenvalue weighted by Crippen LogP contribution is 2.13. The maximum Gasteiger partial charge on any atom is 0.0996 e. The summed E-state index contributed by atoms with van der Waals surface area (Å²) in [6.45, 7) is 8.67. The number of hydrogen-bond acceptors (Lipinski definition) is 2. The van der Waals surface area contributed by atoms with E-state index < -0.39 is 0 Å². The summed E-state index contributed by atoms with van der Waals surface area (Å²) in [6, 6.07) is 0. The third-order valence-electron chi connectivity index (χ3n) is 2.10. The van der Waals surface area contributed by atoms with Crippen LogP contribution in [0.2, 0.25) is 0 Å². The normalized spacial score (nSPS) is 13.3. The van der Waals surface area contributed by atoms with Gasteiger partial charge in [0.15, 0.2) is 0 Å². The summed E-state index contributed by atoms with van der Waals surface area (Å²) in [6.07, 6.45) is 1.67. The van der Waals surface area contributed by atoms with E-state index in [0.29, 0.717) is 12.4 Å². The fraction of sp³-hybridized carbons (Fsp3) is 0.600. The number of nitrogens with two attached hydrogens (primary N) is 1. The molecule has 0 aliphatic rings. The van der Waals surface area contributed by atoms with Crippen molar-refractivity contribution < 1.29 is 0 Å². The molecule has 4 heteroatoms. The number of H-pyrrole nitrogens is 1. The van der Waals surface area contributed by atoms with Gasteiger partial charge in [0.2, 0.25) is 0 Å². The smallest absolute Gasteiger partial charge is 0.0996 e. The Hall–Kier alpha value is -1.32. The lowest BCUT2D eigenvalue weighted by atomic mass is 9.95. The number of amidine groups is 1. The van der Waals surface area contributed by atoms with Gasteiger partial charge in [-0.05, 0) is 6.92 Å². The van der Waals surface area contributed by atoms with Gasteiger partial charge in [-0.15, -0.1) is 0 Å². The van der Waals surface area contributed by atoms with Crippen LogP contribution in [0.4, 0.5) is 0 Å². The topological polar surface area (TPSA) is 67.1 Å². The van der Waals surface area contributed by atoms with E-state index in [0.717, 1.165) is 11.4 Å². The van der Waals surface area contributed by atoms with Crippen molar-refractivity contribution in [3.63, 3.8) is 0 Å². The van der Waals surface area contributed by atoms with E-state index >= 15 is 0 Å². The second-order valence-electron chi connectivity index (χ2n) is 4.43. The van der Waals surface area contributed by atoms with Crippen LogP contribution in [-0.4, -0.2) is 15.8 Å². The molecular weight excluding hydrogens is 176 g/mol. The molecule has 0 spiro atoms. The summed E-state index contributed by atoms with van der Waals surface area (Å²) in [5, 5.41) is 0. The molecular formula is C10H18N4. The van der Waals surface area contributed by atoms with Gasteiger partial charge < -0.3 is 10.7 Å². The molecule has 0 bridgehead atoms. The van der Waals surface area contributed by atoms with Crippen molar-refractivity contribution in [3.05, 3.63) is 17.7 Å². The first-order chi connectivity index (χ1) is 6.41.